The van der Waals surface area contributed by atoms with Gasteiger partial charge in [0.15, 0.2) is 0 Å². The van der Waals surface area contributed by atoms with Crippen molar-refractivity contribution in [2.75, 3.05) is 12.3 Å². The van der Waals surface area contributed by atoms with Gasteiger partial charge in [-0.2, -0.15) is 4.31 Å². The molecule has 8 heteroatoms. The molecular weight excluding hydrogens is 435 g/mol. The molecule has 0 saturated carbocycles. The van der Waals surface area contributed by atoms with Gasteiger partial charge in [0, 0.05) is 24.4 Å². The van der Waals surface area contributed by atoms with Crippen molar-refractivity contribution in [1.82, 2.24) is 9.62 Å². The van der Waals surface area contributed by atoms with Crippen molar-refractivity contribution in [3.05, 3.63) is 90.2 Å². The number of carbonyl (C=O) groups excluding carboxylic acids is 1. The highest BCUT2D eigenvalue weighted by Gasteiger charge is 2.40. The lowest BCUT2D eigenvalue weighted by atomic mass is 10.1. The highest BCUT2D eigenvalue weighted by Crippen LogP contribution is 2.31. The summed E-state index contributed by atoms with van der Waals surface area (Å²) in [6.07, 6.45) is 0. The number of nitrogens with zero attached hydrogens (tertiary/aromatic N) is 1. The predicted octanol–water partition coefficient (Wildman–Crippen LogP) is 3.87. The summed E-state index contributed by atoms with van der Waals surface area (Å²) < 4.78 is 41.4. The second-order valence-electron chi connectivity index (χ2n) is 7.04. The topological polar surface area (TPSA) is 66.5 Å². The fourth-order valence-electron chi connectivity index (χ4n) is 3.40. The van der Waals surface area contributed by atoms with Crippen LogP contribution in [0.5, 0.6) is 0 Å². The van der Waals surface area contributed by atoms with E-state index in [1.165, 1.54) is 22.1 Å². The maximum atomic E-state index is 13.8. The van der Waals surface area contributed by atoms with Gasteiger partial charge < -0.3 is 5.32 Å². The molecule has 3 aromatic carbocycles. The minimum Gasteiger partial charge on any atom is -0.350 e. The molecule has 1 unspecified atom stereocenters. The van der Waals surface area contributed by atoms with Gasteiger partial charge in [0.05, 0.1) is 4.90 Å². The first-order valence-corrected chi connectivity index (χ1v) is 12.3. The van der Waals surface area contributed by atoms with Crippen LogP contribution in [0, 0.1) is 5.82 Å². The molecule has 4 rings (SSSR count). The number of hydrogen-bond acceptors (Lipinski definition) is 4. The van der Waals surface area contributed by atoms with E-state index in [1.54, 1.807) is 42.5 Å². The van der Waals surface area contributed by atoms with E-state index in [9.17, 15) is 17.6 Å². The Labute approximate surface area is 185 Å². The maximum absolute atomic E-state index is 13.8. The molecule has 0 radical (unpaired) electrons. The van der Waals surface area contributed by atoms with Crippen LogP contribution in [0.25, 0.3) is 11.1 Å². The van der Waals surface area contributed by atoms with E-state index in [0.717, 1.165) is 11.1 Å². The molecule has 1 amide bonds. The molecule has 31 heavy (non-hydrogen) atoms. The molecule has 3 aromatic rings. The fraction of sp³-hybridized carbons (Fsp3) is 0.174. The van der Waals surface area contributed by atoms with Crippen molar-refractivity contribution < 1.29 is 17.6 Å². The van der Waals surface area contributed by atoms with E-state index < -0.39 is 27.1 Å². The number of halogens is 1. The van der Waals surface area contributed by atoms with Gasteiger partial charge in [-0.1, -0.05) is 60.7 Å². The molecule has 1 atom stereocenters. The zero-order valence-electron chi connectivity index (χ0n) is 16.6. The van der Waals surface area contributed by atoms with Gasteiger partial charge in [0.25, 0.3) is 0 Å². The lowest BCUT2D eigenvalue weighted by Gasteiger charge is -2.22. The van der Waals surface area contributed by atoms with Crippen molar-refractivity contribution in [3.8, 4) is 11.1 Å². The van der Waals surface area contributed by atoms with Crippen LogP contribution in [0.4, 0.5) is 4.39 Å². The van der Waals surface area contributed by atoms with E-state index in [-0.39, 0.29) is 18.0 Å². The van der Waals surface area contributed by atoms with Crippen LogP contribution in [-0.2, 0) is 21.4 Å². The molecule has 1 saturated heterocycles. The first-order chi connectivity index (χ1) is 15.0. The molecule has 1 fully saturated rings. The molecule has 5 nitrogen and oxygen atoms in total. The first-order valence-electron chi connectivity index (χ1n) is 9.77. The van der Waals surface area contributed by atoms with Crippen LogP contribution >= 0.6 is 11.8 Å². The van der Waals surface area contributed by atoms with E-state index in [4.69, 9.17) is 0 Å². The SMILES string of the molecule is O=C(NCc1ccccc1F)C1SCCN1S(=O)(=O)c1ccc(-c2ccccc2)cc1. The number of hydrogen-bond donors (Lipinski definition) is 1. The molecule has 1 N–H and O–H groups in total. The van der Waals surface area contributed by atoms with Crippen LogP contribution in [0.15, 0.2) is 83.8 Å². The number of benzene rings is 3. The predicted molar refractivity (Wildman–Crippen MR) is 120 cm³/mol. The molecule has 160 valence electrons. The van der Waals surface area contributed by atoms with Gasteiger partial charge in [-0.3, -0.25) is 4.79 Å². The molecule has 0 bridgehead atoms. The third-order valence-electron chi connectivity index (χ3n) is 5.05. The molecule has 0 aromatic heterocycles. The maximum Gasteiger partial charge on any atom is 0.249 e. The zero-order chi connectivity index (χ0) is 21.8. The summed E-state index contributed by atoms with van der Waals surface area (Å²) in [6.45, 7) is 0.244. The fourth-order valence-corrected chi connectivity index (χ4v) is 6.50. The Bertz CT molecular complexity index is 1170. The molecule has 1 heterocycles. The second kappa shape index (κ2) is 9.21. The van der Waals surface area contributed by atoms with Crippen molar-refractivity contribution in [3.63, 3.8) is 0 Å². The molecule has 1 aliphatic rings. The van der Waals surface area contributed by atoms with E-state index >= 15 is 0 Å². The van der Waals surface area contributed by atoms with Crippen molar-refractivity contribution >= 4 is 27.7 Å². The average molecular weight is 457 g/mol. The van der Waals surface area contributed by atoms with Crippen LogP contribution in [0.2, 0.25) is 0 Å². The Kier molecular flexibility index (Phi) is 6.41. The van der Waals surface area contributed by atoms with Gasteiger partial charge in [-0.25, -0.2) is 12.8 Å². The summed E-state index contributed by atoms with van der Waals surface area (Å²) in [5.74, 6) is -0.348. The molecule has 1 aliphatic heterocycles. The van der Waals surface area contributed by atoms with Crippen LogP contribution in [0.3, 0.4) is 0 Å². The Morgan fingerprint density at radius 1 is 0.968 bits per heavy atom. The van der Waals surface area contributed by atoms with E-state index in [0.29, 0.717) is 11.3 Å². The Balaban J connectivity index is 1.49. The number of rotatable bonds is 6. The van der Waals surface area contributed by atoms with Crippen LogP contribution in [-0.4, -0.2) is 36.3 Å². The summed E-state index contributed by atoms with van der Waals surface area (Å²) in [4.78, 5) is 12.8. The van der Waals surface area contributed by atoms with Crippen LogP contribution in [0.1, 0.15) is 5.56 Å². The average Bonchev–Trinajstić information content (AvgIpc) is 3.30. The molecule has 0 aliphatic carbocycles. The Morgan fingerprint density at radius 2 is 1.61 bits per heavy atom. The number of amides is 1. The summed E-state index contributed by atoms with van der Waals surface area (Å²) in [5.41, 5.74) is 2.26. The van der Waals surface area contributed by atoms with E-state index in [2.05, 4.69) is 5.32 Å². The van der Waals surface area contributed by atoms with Gasteiger partial charge in [0.1, 0.15) is 11.2 Å². The van der Waals surface area contributed by atoms with Gasteiger partial charge in [-0.15, -0.1) is 11.8 Å². The quantitative estimate of drug-likeness (QED) is 0.612. The first kappa shape index (κ1) is 21.5. The number of thioether (sulfide) groups is 1. The molecular formula is C23H21FN2O3S2. The minimum absolute atomic E-state index is 0.00221. The number of sulfonamides is 1. The zero-order valence-corrected chi connectivity index (χ0v) is 18.2. The van der Waals surface area contributed by atoms with Crippen LogP contribution < -0.4 is 5.32 Å². The van der Waals surface area contributed by atoms with Crippen molar-refractivity contribution in [2.24, 2.45) is 0 Å². The third kappa shape index (κ3) is 4.66. The summed E-state index contributed by atoms with van der Waals surface area (Å²) in [6, 6.07) is 22.5. The summed E-state index contributed by atoms with van der Waals surface area (Å²) >= 11 is 1.26. The van der Waals surface area contributed by atoms with Gasteiger partial charge in [0.2, 0.25) is 15.9 Å². The lowest BCUT2D eigenvalue weighted by Crippen LogP contribution is -2.44. The smallest absolute Gasteiger partial charge is 0.249 e. The third-order valence-corrected chi connectivity index (χ3v) is 8.27. The van der Waals surface area contributed by atoms with Crippen molar-refractivity contribution in [1.29, 1.82) is 0 Å². The summed E-state index contributed by atoms with van der Waals surface area (Å²) in [5, 5.41) is 1.78. The van der Waals surface area contributed by atoms with E-state index in [1.807, 2.05) is 30.3 Å². The summed E-state index contributed by atoms with van der Waals surface area (Å²) in [7, 11) is -3.85. The highest BCUT2D eigenvalue weighted by molar-refractivity contribution is 8.02. The number of nitrogens with one attached hydrogen (secondary N) is 1. The normalized spacial score (nSPS) is 16.9. The molecule has 0 spiro atoms. The Morgan fingerprint density at radius 3 is 2.32 bits per heavy atom. The second-order valence-corrected chi connectivity index (χ2v) is 10.1. The lowest BCUT2D eigenvalue weighted by molar-refractivity contribution is -0.122. The van der Waals surface area contributed by atoms with Gasteiger partial charge in [-0.05, 0) is 29.3 Å². The Hall–Kier alpha value is -2.68. The standard InChI is InChI=1S/C23H21FN2O3S2/c24-21-9-5-4-8-19(21)16-25-22(27)23-26(14-15-30-23)31(28,29)20-12-10-18(11-13-20)17-6-2-1-3-7-17/h1-13,23H,14-16H2,(H,25,27). The van der Waals surface area contributed by atoms with Gasteiger partial charge >= 0.3 is 0 Å². The number of carbonyl (C=O) groups is 1. The highest BCUT2D eigenvalue weighted by atomic mass is 32.2. The minimum atomic E-state index is -3.85. The van der Waals surface area contributed by atoms with Crippen molar-refractivity contribution in [2.45, 2.75) is 16.8 Å². The monoisotopic (exact) mass is 456 g/mol. The largest absolute Gasteiger partial charge is 0.350 e.